The van der Waals surface area contributed by atoms with Crippen LogP contribution in [0.15, 0.2) is 41.6 Å². The highest BCUT2D eigenvalue weighted by Crippen LogP contribution is 2.20. The number of hydrogen-bond donors (Lipinski definition) is 4. The summed E-state index contributed by atoms with van der Waals surface area (Å²) >= 11 is 11.2. The Morgan fingerprint density at radius 2 is 1.62 bits per heavy atom. The lowest BCUT2D eigenvalue weighted by molar-refractivity contribution is 0.321. The fourth-order valence-corrected chi connectivity index (χ4v) is 1.77. The van der Waals surface area contributed by atoms with Crippen LogP contribution in [-0.2, 0) is 6.54 Å². The Bertz CT molecular complexity index is 634. The smallest absolute Gasteiger partial charge is 0.125 e. The number of oxime groups is 1. The molecule has 0 fully saturated rings. The van der Waals surface area contributed by atoms with Crippen LogP contribution in [0.2, 0.25) is 10.0 Å². The molecule has 0 saturated heterocycles. The van der Waals surface area contributed by atoms with Gasteiger partial charge in [-0.3, -0.25) is 0 Å². The lowest BCUT2D eigenvalue weighted by Gasteiger charge is -1.99. The molecule has 0 radical (unpaired) electrons. The highest BCUT2D eigenvalue weighted by atomic mass is 35.5. The van der Waals surface area contributed by atoms with E-state index in [1.807, 2.05) is 0 Å². The van der Waals surface area contributed by atoms with Crippen LogP contribution in [0.1, 0.15) is 11.1 Å². The predicted octanol–water partition coefficient (Wildman–Crippen LogP) is 3.36. The summed E-state index contributed by atoms with van der Waals surface area (Å²) in [5, 5.41) is 30.2. The molecular formula is C14H14Cl2N2O3. The number of rotatable bonds is 2. The van der Waals surface area contributed by atoms with Gasteiger partial charge in [0.15, 0.2) is 0 Å². The Hall–Kier alpha value is -1.95. The maximum atomic E-state index is 9.14. The third-order valence-corrected chi connectivity index (χ3v) is 2.92. The normalized spacial score (nSPS) is 10.2. The Balaban J connectivity index is 0.000000211. The van der Waals surface area contributed by atoms with E-state index in [0.717, 1.165) is 6.21 Å². The fourth-order valence-electron chi connectivity index (χ4n) is 1.41. The number of aromatic hydroxyl groups is 2. The first-order valence-electron chi connectivity index (χ1n) is 5.81. The molecule has 0 bridgehead atoms. The topological polar surface area (TPSA) is 99.1 Å². The Morgan fingerprint density at radius 3 is 2.14 bits per heavy atom. The minimum Gasteiger partial charge on any atom is -0.508 e. The van der Waals surface area contributed by atoms with Crippen LogP contribution in [0.3, 0.4) is 0 Å². The number of phenolic OH excluding ortho intramolecular Hbond substituents is 2. The van der Waals surface area contributed by atoms with E-state index in [2.05, 4.69) is 5.16 Å². The number of nitrogens with zero attached hydrogens (tertiary/aromatic N) is 1. The standard InChI is InChI=1S/C7H6ClNO2.C7H8ClNO/c8-6-2-1-5(4-9-11)7(10)3-6;8-6-1-2-7(10)5(3-6)4-9/h1-4,10-11H;1-3,10H,4,9H2. The van der Waals surface area contributed by atoms with E-state index in [4.69, 9.17) is 44.4 Å². The quantitative estimate of drug-likeness (QED) is 0.386. The number of phenols is 2. The monoisotopic (exact) mass is 328 g/mol. The Kier molecular flexibility index (Phi) is 6.81. The Morgan fingerprint density at radius 1 is 1.00 bits per heavy atom. The molecule has 7 heteroatoms. The van der Waals surface area contributed by atoms with Gasteiger partial charge in [-0.25, -0.2) is 0 Å². The van der Waals surface area contributed by atoms with Crippen molar-refractivity contribution in [3.8, 4) is 11.5 Å². The molecule has 5 N–H and O–H groups in total. The molecule has 2 aromatic rings. The maximum absolute atomic E-state index is 9.14. The fraction of sp³-hybridized carbons (Fsp3) is 0.0714. The molecule has 0 aliphatic rings. The predicted molar refractivity (Wildman–Crippen MR) is 83.5 cm³/mol. The van der Waals surface area contributed by atoms with E-state index in [1.54, 1.807) is 24.3 Å². The average Bonchev–Trinajstić information content (AvgIpc) is 2.45. The van der Waals surface area contributed by atoms with Gasteiger partial charge in [-0.2, -0.15) is 0 Å². The van der Waals surface area contributed by atoms with Crippen molar-refractivity contribution >= 4 is 29.4 Å². The second-order valence-corrected chi connectivity index (χ2v) is 4.80. The molecule has 0 atom stereocenters. The zero-order valence-electron chi connectivity index (χ0n) is 10.9. The summed E-state index contributed by atoms with van der Waals surface area (Å²) in [6.07, 6.45) is 1.13. The lowest BCUT2D eigenvalue weighted by Crippen LogP contribution is -1.95. The third-order valence-electron chi connectivity index (χ3n) is 2.45. The summed E-state index contributed by atoms with van der Waals surface area (Å²) in [6, 6.07) is 9.33. The SMILES string of the molecule is NCc1cc(Cl)ccc1O.ON=Cc1ccc(Cl)cc1O. The molecule has 21 heavy (non-hydrogen) atoms. The van der Waals surface area contributed by atoms with Crippen LogP contribution in [0.4, 0.5) is 0 Å². The van der Waals surface area contributed by atoms with Crippen molar-refractivity contribution in [1.29, 1.82) is 0 Å². The molecule has 2 aromatic carbocycles. The molecule has 0 spiro atoms. The van der Waals surface area contributed by atoms with Crippen molar-refractivity contribution in [2.75, 3.05) is 0 Å². The van der Waals surface area contributed by atoms with Gasteiger partial charge in [0.1, 0.15) is 11.5 Å². The summed E-state index contributed by atoms with van der Waals surface area (Å²) in [5.41, 5.74) is 6.40. The lowest BCUT2D eigenvalue weighted by atomic mass is 10.2. The van der Waals surface area contributed by atoms with Crippen LogP contribution in [0.25, 0.3) is 0 Å². The van der Waals surface area contributed by atoms with Crippen LogP contribution in [-0.4, -0.2) is 21.6 Å². The zero-order valence-corrected chi connectivity index (χ0v) is 12.4. The van der Waals surface area contributed by atoms with E-state index in [1.165, 1.54) is 12.1 Å². The van der Waals surface area contributed by atoms with E-state index in [-0.39, 0.29) is 11.5 Å². The molecule has 0 aliphatic carbocycles. The van der Waals surface area contributed by atoms with Gasteiger partial charge >= 0.3 is 0 Å². The van der Waals surface area contributed by atoms with Gasteiger partial charge in [-0.05, 0) is 36.4 Å². The van der Waals surface area contributed by atoms with Crippen LogP contribution >= 0.6 is 23.2 Å². The van der Waals surface area contributed by atoms with Gasteiger partial charge in [-0.1, -0.05) is 28.4 Å². The second-order valence-electron chi connectivity index (χ2n) is 3.92. The van der Waals surface area contributed by atoms with Gasteiger partial charge in [0.2, 0.25) is 0 Å². The van der Waals surface area contributed by atoms with Crippen molar-refractivity contribution in [2.24, 2.45) is 10.9 Å². The van der Waals surface area contributed by atoms with E-state index >= 15 is 0 Å². The number of hydrogen-bond acceptors (Lipinski definition) is 5. The molecule has 2 rings (SSSR count). The molecule has 5 nitrogen and oxygen atoms in total. The van der Waals surface area contributed by atoms with Crippen molar-refractivity contribution in [3.63, 3.8) is 0 Å². The molecule has 0 heterocycles. The van der Waals surface area contributed by atoms with E-state index in [0.29, 0.717) is 27.7 Å². The van der Waals surface area contributed by atoms with Gasteiger partial charge in [0.05, 0.1) is 6.21 Å². The molecule has 0 saturated carbocycles. The van der Waals surface area contributed by atoms with Crippen molar-refractivity contribution in [3.05, 3.63) is 57.6 Å². The summed E-state index contributed by atoms with van der Waals surface area (Å²) in [4.78, 5) is 0. The van der Waals surface area contributed by atoms with E-state index in [9.17, 15) is 0 Å². The first-order valence-corrected chi connectivity index (χ1v) is 6.57. The first kappa shape index (κ1) is 17.1. The van der Waals surface area contributed by atoms with Crippen molar-refractivity contribution in [2.45, 2.75) is 6.54 Å². The third kappa shape index (κ3) is 5.51. The molecular weight excluding hydrogens is 315 g/mol. The number of halogens is 2. The summed E-state index contributed by atoms with van der Waals surface area (Å²) < 4.78 is 0. The van der Waals surface area contributed by atoms with E-state index < -0.39 is 0 Å². The van der Waals surface area contributed by atoms with Crippen LogP contribution in [0, 0.1) is 0 Å². The number of benzene rings is 2. The minimum absolute atomic E-state index is 0.00435. The molecule has 0 aliphatic heterocycles. The summed E-state index contributed by atoms with van der Waals surface area (Å²) in [6.45, 7) is 0.312. The molecule has 0 aromatic heterocycles. The number of nitrogens with two attached hydrogens (primary N) is 1. The highest BCUT2D eigenvalue weighted by molar-refractivity contribution is 6.31. The zero-order chi connectivity index (χ0) is 15.8. The van der Waals surface area contributed by atoms with Gasteiger partial charge in [-0.15, -0.1) is 0 Å². The van der Waals surface area contributed by atoms with Crippen LogP contribution < -0.4 is 5.73 Å². The van der Waals surface area contributed by atoms with Gasteiger partial charge in [0, 0.05) is 27.7 Å². The first-order chi connectivity index (χ1) is 9.97. The summed E-state index contributed by atoms with van der Waals surface area (Å²) in [5.74, 6) is 0.196. The average molecular weight is 329 g/mol. The largest absolute Gasteiger partial charge is 0.508 e. The van der Waals surface area contributed by atoms with Crippen LogP contribution in [0.5, 0.6) is 11.5 Å². The van der Waals surface area contributed by atoms with Gasteiger partial charge < -0.3 is 21.2 Å². The maximum Gasteiger partial charge on any atom is 0.125 e. The Labute approximate surface area is 131 Å². The van der Waals surface area contributed by atoms with Crippen molar-refractivity contribution in [1.82, 2.24) is 0 Å². The highest BCUT2D eigenvalue weighted by Gasteiger charge is 1.98. The molecule has 0 amide bonds. The second kappa shape index (κ2) is 8.36. The van der Waals surface area contributed by atoms with Gasteiger partial charge in [0.25, 0.3) is 0 Å². The summed E-state index contributed by atoms with van der Waals surface area (Å²) in [7, 11) is 0. The molecule has 0 unspecified atom stereocenters. The van der Waals surface area contributed by atoms with Crippen molar-refractivity contribution < 1.29 is 15.4 Å². The molecule has 112 valence electrons. The minimum atomic E-state index is -0.00435.